The molecular weight excluding hydrogens is 328 g/mol. The maximum atomic E-state index is 6.52. The Kier molecular flexibility index (Phi) is 10.5. The summed E-state index contributed by atoms with van der Waals surface area (Å²) in [5, 5.41) is 24.6. The molecule has 0 unspecified atom stereocenters. The Labute approximate surface area is 160 Å². The normalized spacial score (nSPS) is 30.7. The smallest absolute Gasteiger partial charge is 0.0562 e. The summed E-state index contributed by atoms with van der Waals surface area (Å²) in [6.07, 6.45) is 0. The van der Waals surface area contributed by atoms with Crippen LogP contribution in [0.15, 0.2) is 0 Å². The van der Waals surface area contributed by atoms with E-state index >= 15 is 0 Å². The third kappa shape index (κ3) is 9.57. The van der Waals surface area contributed by atoms with E-state index in [1.165, 1.54) is 0 Å². The zero-order chi connectivity index (χ0) is 19.5. The van der Waals surface area contributed by atoms with Gasteiger partial charge < -0.3 is 43.0 Å². The third-order valence-electron chi connectivity index (χ3n) is 4.52. The molecule has 0 aromatic heterocycles. The average Bonchev–Trinajstić information content (AvgIpc) is 2.52. The van der Waals surface area contributed by atoms with Crippen LogP contribution in [0.25, 0.3) is 0 Å². The van der Waals surface area contributed by atoms with Crippen molar-refractivity contribution in [2.45, 2.75) is 37.4 Å². The van der Waals surface area contributed by atoms with Crippen LogP contribution >= 0.6 is 0 Å². The van der Waals surface area contributed by atoms with Crippen molar-refractivity contribution in [2.75, 3.05) is 79.5 Å². The molecule has 1 saturated heterocycles. The van der Waals surface area contributed by atoms with Crippen molar-refractivity contribution in [3.63, 3.8) is 0 Å². The van der Waals surface area contributed by atoms with E-state index in [2.05, 4.69) is 58.0 Å². The second kappa shape index (κ2) is 11.5. The number of nitrogens with two attached hydrogens (primary N) is 1. The molecule has 0 saturated carbocycles. The highest BCUT2D eigenvalue weighted by molar-refractivity contribution is 4.99. The molecule has 0 spiro atoms. The standard InChI is InChI=1S/C18H44N8/c1-16(2,3)26-18(13-21-5)14-24-8-6-22-11-17(19,10-20-4)12-23-7-9-25-15-18/h20-26H,6-15,19H2,1-5H3. The molecule has 1 rings (SSSR count). The van der Waals surface area contributed by atoms with Crippen LogP contribution in [0.3, 0.4) is 0 Å². The van der Waals surface area contributed by atoms with Gasteiger partial charge in [0.05, 0.1) is 11.1 Å². The lowest BCUT2D eigenvalue weighted by molar-refractivity contribution is 0.221. The second-order valence-corrected chi connectivity index (χ2v) is 8.79. The van der Waals surface area contributed by atoms with E-state index < -0.39 is 0 Å². The summed E-state index contributed by atoms with van der Waals surface area (Å²) in [6, 6.07) is 0. The molecule has 0 atom stereocenters. The summed E-state index contributed by atoms with van der Waals surface area (Å²) in [6.45, 7) is 15.4. The molecule has 0 bridgehead atoms. The van der Waals surface area contributed by atoms with Crippen molar-refractivity contribution in [3.05, 3.63) is 0 Å². The molecule has 26 heavy (non-hydrogen) atoms. The molecule has 0 aromatic carbocycles. The number of hydrogen-bond donors (Lipinski definition) is 8. The van der Waals surface area contributed by atoms with Crippen LogP contribution in [-0.4, -0.2) is 96.2 Å². The summed E-state index contributed by atoms with van der Waals surface area (Å²) in [4.78, 5) is 0. The van der Waals surface area contributed by atoms with Gasteiger partial charge in [0.15, 0.2) is 0 Å². The lowest BCUT2D eigenvalue weighted by Gasteiger charge is -2.41. The van der Waals surface area contributed by atoms with Gasteiger partial charge in [-0.1, -0.05) is 0 Å². The van der Waals surface area contributed by atoms with Crippen LogP contribution in [0.4, 0.5) is 0 Å². The van der Waals surface area contributed by atoms with Gasteiger partial charge in [-0.05, 0) is 34.9 Å². The van der Waals surface area contributed by atoms with Crippen LogP contribution < -0.4 is 43.0 Å². The van der Waals surface area contributed by atoms with Gasteiger partial charge >= 0.3 is 0 Å². The SMILES string of the molecule is CNCC1(N)CNCCNCC(CNC)(NC(C)(C)C)CNCCNC1. The Balaban J connectivity index is 2.70. The van der Waals surface area contributed by atoms with E-state index in [9.17, 15) is 0 Å². The summed E-state index contributed by atoms with van der Waals surface area (Å²) >= 11 is 0. The number of nitrogens with one attached hydrogen (secondary N) is 7. The van der Waals surface area contributed by atoms with Crippen LogP contribution in [-0.2, 0) is 0 Å². The first-order chi connectivity index (χ1) is 12.2. The van der Waals surface area contributed by atoms with Crippen LogP contribution in [0.5, 0.6) is 0 Å². The highest BCUT2D eigenvalue weighted by Gasteiger charge is 2.33. The monoisotopic (exact) mass is 372 g/mol. The lowest BCUT2D eigenvalue weighted by atomic mass is 9.93. The molecule has 1 heterocycles. The molecule has 8 heteroatoms. The molecule has 8 nitrogen and oxygen atoms in total. The predicted molar refractivity (Wildman–Crippen MR) is 112 cm³/mol. The van der Waals surface area contributed by atoms with Gasteiger partial charge in [-0.25, -0.2) is 0 Å². The van der Waals surface area contributed by atoms with Gasteiger partial charge in [-0.3, -0.25) is 0 Å². The number of rotatable bonds is 5. The van der Waals surface area contributed by atoms with Gasteiger partial charge in [0.25, 0.3) is 0 Å². The van der Waals surface area contributed by atoms with E-state index in [1.54, 1.807) is 0 Å². The maximum Gasteiger partial charge on any atom is 0.0562 e. The Bertz CT molecular complexity index is 353. The van der Waals surface area contributed by atoms with Crippen LogP contribution in [0.1, 0.15) is 20.8 Å². The van der Waals surface area contributed by atoms with Gasteiger partial charge in [0.2, 0.25) is 0 Å². The minimum absolute atomic E-state index is 0.0408. The molecule has 0 aliphatic carbocycles. The molecule has 1 aliphatic heterocycles. The molecule has 0 aromatic rings. The number of likely N-dealkylation sites (N-methyl/N-ethyl adjacent to an activating group) is 2. The Morgan fingerprint density at radius 2 is 1.19 bits per heavy atom. The Morgan fingerprint density at radius 3 is 1.58 bits per heavy atom. The maximum absolute atomic E-state index is 6.52. The first kappa shape index (κ1) is 23.7. The molecule has 9 N–H and O–H groups in total. The molecule has 1 aliphatic rings. The van der Waals surface area contributed by atoms with Gasteiger partial charge in [-0.15, -0.1) is 0 Å². The molecule has 1 fully saturated rings. The first-order valence-electron chi connectivity index (χ1n) is 9.95. The van der Waals surface area contributed by atoms with Crippen molar-refractivity contribution in [1.29, 1.82) is 0 Å². The molecule has 0 amide bonds. The van der Waals surface area contributed by atoms with Gasteiger partial charge in [-0.2, -0.15) is 0 Å². The van der Waals surface area contributed by atoms with Crippen molar-refractivity contribution in [2.24, 2.45) is 5.73 Å². The van der Waals surface area contributed by atoms with Crippen molar-refractivity contribution in [1.82, 2.24) is 37.2 Å². The van der Waals surface area contributed by atoms with Crippen molar-refractivity contribution < 1.29 is 0 Å². The van der Waals surface area contributed by atoms with Gasteiger partial charge in [0, 0.05) is 71.0 Å². The van der Waals surface area contributed by atoms with E-state index in [4.69, 9.17) is 5.73 Å². The fraction of sp³-hybridized carbons (Fsp3) is 1.00. The fourth-order valence-corrected chi connectivity index (χ4v) is 3.68. The second-order valence-electron chi connectivity index (χ2n) is 8.79. The van der Waals surface area contributed by atoms with Crippen molar-refractivity contribution in [3.8, 4) is 0 Å². The zero-order valence-electron chi connectivity index (χ0n) is 17.6. The zero-order valence-corrected chi connectivity index (χ0v) is 17.6. The summed E-state index contributed by atoms with van der Waals surface area (Å²) in [7, 11) is 3.97. The van der Waals surface area contributed by atoms with Crippen molar-refractivity contribution >= 4 is 0 Å². The highest BCUT2D eigenvalue weighted by Crippen LogP contribution is 2.10. The first-order valence-corrected chi connectivity index (χ1v) is 9.95. The highest BCUT2D eigenvalue weighted by atomic mass is 15.2. The average molecular weight is 373 g/mol. The van der Waals surface area contributed by atoms with E-state index in [1.807, 2.05) is 14.1 Å². The molecule has 0 radical (unpaired) electrons. The largest absolute Gasteiger partial charge is 0.322 e. The van der Waals surface area contributed by atoms with E-state index in [-0.39, 0.29) is 16.6 Å². The van der Waals surface area contributed by atoms with E-state index in [0.29, 0.717) is 0 Å². The van der Waals surface area contributed by atoms with Crippen LogP contribution in [0.2, 0.25) is 0 Å². The third-order valence-corrected chi connectivity index (χ3v) is 4.52. The summed E-state index contributed by atoms with van der Waals surface area (Å²) in [5.74, 6) is 0. The van der Waals surface area contributed by atoms with Gasteiger partial charge in [0.1, 0.15) is 0 Å². The topological polar surface area (TPSA) is 110 Å². The quantitative estimate of drug-likeness (QED) is 0.270. The Morgan fingerprint density at radius 1 is 0.769 bits per heavy atom. The Hall–Kier alpha value is -0.320. The molecular formula is C18H44N8. The fourth-order valence-electron chi connectivity index (χ4n) is 3.68. The minimum Gasteiger partial charge on any atom is -0.322 e. The van der Waals surface area contributed by atoms with Crippen LogP contribution in [0, 0.1) is 0 Å². The lowest BCUT2D eigenvalue weighted by Crippen LogP contribution is -2.68. The predicted octanol–water partition coefficient (Wildman–Crippen LogP) is -2.38. The number of hydrogen-bond acceptors (Lipinski definition) is 8. The summed E-state index contributed by atoms with van der Waals surface area (Å²) < 4.78 is 0. The van der Waals surface area contributed by atoms with E-state index in [0.717, 1.165) is 65.4 Å². The minimum atomic E-state index is -0.275. The summed E-state index contributed by atoms with van der Waals surface area (Å²) in [5.41, 5.74) is 6.26. The molecule has 156 valence electrons.